The van der Waals surface area contributed by atoms with Crippen molar-refractivity contribution >= 4 is 39.0 Å². The normalized spacial score (nSPS) is 20.1. The lowest BCUT2D eigenvalue weighted by atomic mass is 9.81. The van der Waals surface area contributed by atoms with E-state index in [0.29, 0.717) is 18.5 Å². The number of amides is 2. The van der Waals surface area contributed by atoms with Crippen molar-refractivity contribution in [2.75, 3.05) is 53.5 Å². The van der Waals surface area contributed by atoms with Crippen molar-refractivity contribution in [1.82, 2.24) is 23.4 Å². The van der Waals surface area contributed by atoms with E-state index in [1.807, 2.05) is 23.1 Å². The molecule has 4 heterocycles. The molecule has 0 atom stereocenters. The maximum atomic E-state index is 14.3. The minimum atomic E-state index is -3.96. The summed E-state index contributed by atoms with van der Waals surface area (Å²) in [5.74, 6) is -0.264. The molecule has 3 aromatic rings. The van der Waals surface area contributed by atoms with Crippen LogP contribution in [0.15, 0.2) is 48.0 Å². The predicted molar refractivity (Wildman–Crippen MR) is 183 cm³/mol. The second-order valence-electron chi connectivity index (χ2n) is 13.6. The fraction of sp³-hybridized carbons (Fsp3) is 0.500. The molecule has 7 rings (SSSR count). The molecular formula is C36H45N5O5S. The molecule has 2 saturated heterocycles. The van der Waals surface area contributed by atoms with Crippen LogP contribution in [0, 0.1) is 0 Å². The number of hydrogen-bond acceptors (Lipinski definition) is 6. The van der Waals surface area contributed by atoms with Crippen molar-refractivity contribution in [3.05, 3.63) is 64.7 Å². The van der Waals surface area contributed by atoms with E-state index < -0.39 is 16.1 Å². The Kier molecular flexibility index (Phi) is 8.99. The highest BCUT2D eigenvalue weighted by Gasteiger charge is 2.33. The molecular weight excluding hydrogens is 614 g/mol. The zero-order chi connectivity index (χ0) is 32.7. The smallest absolute Gasteiger partial charge is 0.303 e. The van der Waals surface area contributed by atoms with E-state index >= 15 is 0 Å². The van der Waals surface area contributed by atoms with Gasteiger partial charge in [0, 0.05) is 73.9 Å². The van der Waals surface area contributed by atoms with Gasteiger partial charge in [-0.05, 0) is 60.9 Å². The number of carbonyl (C=O) groups excluding carboxylic acids is 2. The van der Waals surface area contributed by atoms with E-state index in [0.717, 1.165) is 103 Å². The molecule has 47 heavy (non-hydrogen) atoms. The molecule has 250 valence electrons. The molecule has 1 saturated carbocycles. The van der Waals surface area contributed by atoms with Gasteiger partial charge in [0.2, 0.25) is 0 Å². The number of fused-ring (bicyclic) bond motifs is 5. The standard InChI is InChI=1S/C36H45N5O5S/c1-38(2)47(44,45)37-35(42)27-12-13-31-32(23-27)41-24-28(36(43)40-16-14-29(15-17-40)39-18-20-46-21-19-39)22-26-10-6-7-11-30(26)34(41)33(31)25-8-4-3-5-9-25/h6-7,10-13,22-23,25,29H,3-5,8-9,14-21,24H2,1-2H3,(H,37,42). The van der Waals surface area contributed by atoms with Gasteiger partial charge in [-0.2, -0.15) is 12.7 Å². The number of rotatable bonds is 6. The van der Waals surface area contributed by atoms with Gasteiger partial charge in [-0.3, -0.25) is 14.5 Å². The number of piperidine rings is 1. The summed E-state index contributed by atoms with van der Waals surface area (Å²) in [7, 11) is -1.19. The summed E-state index contributed by atoms with van der Waals surface area (Å²) in [5, 5.41) is 1.06. The van der Waals surface area contributed by atoms with Crippen LogP contribution in [0.5, 0.6) is 0 Å². The van der Waals surface area contributed by atoms with Crippen LogP contribution in [-0.4, -0.2) is 98.4 Å². The number of nitrogens with one attached hydrogen (secondary N) is 1. The molecule has 10 nitrogen and oxygen atoms in total. The lowest BCUT2D eigenvalue weighted by Crippen LogP contribution is -2.50. The van der Waals surface area contributed by atoms with Crippen molar-refractivity contribution in [3.63, 3.8) is 0 Å². The van der Waals surface area contributed by atoms with Crippen LogP contribution in [-0.2, 0) is 26.3 Å². The zero-order valence-electron chi connectivity index (χ0n) is 27.4. The average Bonchev–Trinajstić information content (AvgIpc) is 3.30. The molecule has 11 heteroatoms. The van der Waals surface area contributed by atoms with Gasteiger partial charge >= 0.3 is 10.2 Å². The van der Waals surface area contributed by atoms with Crippen molar-refractivity contribution in [3.8, 4) is 11.3 Å². The number of hydrogen-bond donors (Lipinski definition) is 1. The summed E-state index contributed by atoms with van der Waals surface area (Å²) in [6, 6.07) is 14.3. The first-order chi connectivity index (χ1) is 22.7. The fourth-order valence-corrected chi connectivity index (χ4v) is 8.53. The number of nitrogens with zero attached hydrogens (tertiary/aromatic N) is 4. The monoisotopic (exact) mass is 659 g/mol. The maximum Gasteiger partial charge on any atom is 0.303 e. The molecule has 3 aliphatic heterocycles. The second kappa shape index (κ2) is 13.2. The topological polar surface area (TPSA) is 104 Å². The van der Waals surface area contributed by atoms with Gasteiger partial charge in [-0.1, -0.05) is 49.6 Å². The number of likely N-dealkylation sites (tertiary alicyclic amines) is 1. The average molecular weight is 660 g/mol. The Labute approximate surface area is 277 Å². The lowest BCUT2D eigenvalue weighted by Gasteiger charge is -2.40. The largest absolute Gasteiger partial charge is 0.379 e. The van der Waals surface area contributed by atoms with Crippen LogP contribution in [0.25, 0.3) is 28.2 Å². The number of aromatic nitrogens is 1. The molecule has 0 bridgehead atoms. The third kappa shape index (κ3) is 6.26. The molecule has 0 unspecified atom stereocenters. The Morgan fingerprint density at radius 2 is 1.64 bits per heavy atom. The van der Waals surface area contributed by atoms with Crippen molar-refractivity contribution in [2.24, 2.45) is 0 Å². The number of carbonyl (C=O) groups is 2. The van der Waals surface area contributed by atoms with Gasteiger partial charge < -0.3 is 14.2 Å². The van der Waals surface area contributed by atoms with E-state index in [-0.39, 0.29) is 11.5 Å². The minimum Gasteiger partial charge on any atom is -0.379 e. The summed E-state index contributed by atoms with van der Waals surface area (Å²) in [6.07, 6.45) is 9.72. The third-order valence-electron chi connectivity index (χ3n) is 10.5. The van der Waals surface area contributed by atoms with Crippen LogP contribution < -0.4 is 4.72 Å². The Morgan fingerprint density at radius 3 is 2.36 bits per heavy atom. The molecule has 3 fully saturated rings. The Balaban J connectivity index is 1.28. The van der Waals surface area contributed by atoms with Gasteiger partial charge in [0.25, 0.3) is 11.8 Å². The van der Waals surface area contributed by atoms with Crippen LogP contribution in [0.4, 0.5) is 0 Å². The lowest BCUT2D eigenvalue weighted by molar-refractivity contribution is -0.129. The maximum absolute atomic E-state index is 14.3. The van der Waals surface area contributed by atoms with E-state index in [2.05, 4.69) is 32.4 Å². The Hall–Kier alpha value is -3.51. The molecule has 2 aromatic carbocycles. The molecule has 1 N–H and O–H groups in total. The van der Waals surface area contributed by atoms with Crippen molar-refractivity contribution in [2.45, 2.75) is 63.5 Å². The second-order valence-corrected chi connectivity index (χ2v) is 15.4. The summed E-state index contributed by atoms with van der Waals surface area (Å²) in [5.41, 5.74) is 6.31. The van der Waals surface area contributed by atoms with E-state index in [1.54, 1.807) is 12.1 Å². The van der Waals surface area contributed by atoms with Gasteiger partial charge in [0.15, 0.2) is 0 Å². The SMILES string of the molecule is CN(C)S(=O)(=O)NC(=O)c1ccc2c(C3CCCCC3)c3n(c2c1)CC(C(=O)N1CCC(N2CCOCC2)CC1)=Cc1ccccc1-3. The van der Waals surface area contributed by atoms with Crippen molar-refractivity contribution in [1.29, 1.82) is 0 Å². The van der Waals surface area contributed by atoms with Crippen LogP contribution >= 0.6 is 0 Å². The molecule has 0 radical (unpaired) electrons. The first-order valence-electron chi connectivity index (χ1n) is 17.0. The fourth-order valence-electron chi connectivity index (χ4n) is 8.00. The van der Waals surface area contributed by atoms with Crippen LogP contribution in [0.1, 0.15) is 72.3 Å². The van der Waals surface area contributed by atoms with Crippen molar-refractivity contribution < 1.29 is 22.7 Å². The first-order valence-corrected chi connectivity index (χ1v) is 18.5. The highest BCUT2D eigenvalue weighted by Crippen LogP contribution is 2.46. The highest BCUT2D eigenvalue weighted by molar-refractivity contribution is 7.87. The van der Waals surface area contributed by atoms with Crippen LogP contribution in [0.2, 0.25) is 0 Å². The van der Waals surface area contributed by atoms with E-state index in [9.17, 15) is 18.0 Å². The number of ether oxygens (including phenoxy) is 1. The first kappa shape index (κ1) is 32.1. The Morgan fingerprint density at radius 1 is 0.915 bits per heavy atom. The quantitative estimate of drug-likeness (QED) is 0.415. The third-order valence-corrected chi connectivity index (χ3v) is 11.9. The summed E-state index contributed by atoms with van der Waals surface area (Å²) < 4.78 is 36.0. The molecule has 4 aliphatic rings. The summed E-state index contributed by atoms with van der Waals surface area (Å²) in [6.45, 7) is 5.26. The van der Waals surface area contributed by atoms with Gasteiger partial charge in [0.1, 0.15) is 0 Å². The number of morpholine rings is 1. The molecule has 2 amide bonds. The summed E-state index contributed by atoms with van der Waals surface area (Å²) >= 11 is 0. The highest BCUT2D eigenvalue weighted by atomic mass is 32.2. The van der Waals surface area contributed by atoms with Gasteiger partial charge in [0.05, 0.1) is 25.5 Å². The van der Waals surface area contributed by atoms with Crippen LogP contribution in [0.3, 0.4) is 0 Å². The minimum absolute atomic E-state index is 0.0557. The summed E-state index contributed by atoms with van der Waals surface area (Å²) in [4.78, 5) is 32.1. The number of benzene rings is 2. The zero-order valence-corrected chi connectivity index (χ0v) is 28.2. The molecule has 1 aliphatic carbocycles. The Bertz CT molecular complexity index is 1810. The van der Waals surface area contributed by atoms with E-state index in [4.69, 9.17) is 4.74 Å². The molecule has 1 aromatic heterocycles. The van der Waals surface area contributed by atoms with E-state index in [1.165, 1.54) is 38.9 Å². The van der Waals surface area contributed by atoms with Gasteiger partial charge in [-0.15, -0.1) is 0 Å². The predicted octanol–water partition coefficient (Wildman–Crippen LogP) is 4.61. The van der Waals surface area contributed by atoms with Gasteiger partial charge in [-0.25, -0.2) is 4.72 Å². The molecule has 0 spiro atoms.